The van der Waals surface area contributed by atoms with Crippen LogP contribution in [0.25, 0.3) is 0 Å². The van der Waals surface area contributed by atoms with Gasteiger partial charge in [-0.15, -0.1) is 0 Å². The van der Waals surface area contributed by atoms with Gasteiger partial charge in [-0.05, 0) is 40.9 Å². The molecular formula is C13H18BrN3O3. The lowest BCUT2D eigenvalue weighted by molar-refractivity contribution is 0.0885. The molecule has 0 atom stereocenters. The Bertz CT molecular complexity index is 505. The zero-order valence-corrected chi connectivity index (χ0v) is 12.6. The number of nitrogens with zero attached hydrogens (tertiary/aromatic N) is 1. The van der Waals surface area contributed by atoms with Crippen molar-refractivity contribution in [2.75, 3.05) is 0 Å². The summed E-state index contributed by atoms with van der Waals surface area (Å²) < 4.78 is 5.73. The third kappa shape index (κ3) is 3.15. The lowest BCUT2D eigenvalue weighted by atomic mass is 9.88. The molecule has 2 rings (SSSR count). The molecule has 4 N–H and O–H groups in total. The van der Waals surface area contributed by atoms with E-state index in [4.69, 9.17) is 15.4 Å². The van der Waals surface area contributed by atoms with Crippen molar-refractivity contribution >= 4 is 27.7 Å². The van der Waals surface area contributed by atoms with Crippen molar-refractivity contribution in [1.82, 2.24) is 5.32 Å². The summed E-state index contributed by atoms with van der Waals surface area (Å²) >= 11 is 3.16. The minimum Gasteiger partial charge on any atom is -0.444 e. The summed E-state index contributed by atoms with van der Waals surface area (Å²) in [6, 6.07) is 3.23. The van der Waals surface area contributed by atoms with Gasteiger partial charge in [-0.3, -0.25) is 4.79 Å². The number of furan rings is 1. The lowest BCUT2D eigenvalue weighted by Gasteiger charge is -2.32. The van der Waals surface area contributed by atoms with Gasteiger partial charge >= 0.3 is 0 Å². The van der Waals surface area contributed by atoms with E-state index in [2.05, 4.69) is 26.4 Å². The van der Waals surface area contributed by atoms with Gasteiger partial charge in [-0.1, -0.05) is 30.8 Å². The number of rotatable bonds is 3. The topological polar surface area (TPSA) is 101 Å². The van der Waals surface area contributed by atoms with Gasteiger partial charge in [0.1, 0.15) is 5.54 Å². The Morgan fingerprint density at radius 1 is 1.35 bits per heavy atom. The van der Waals surface area contributed by atoms with Crippen molar-refractivity contribution in [2.24, 2.45) is 10.9 Å². The smallest absolute Gasteiger partial charge is 0.287 e. The Balaban J connectivity index is 2.21. The van der Waals surface area contributed by atoms with Crippen molar-refractivity contribution in [3.8, 4) is 0 Å². The summed E-state index contributed by atoms with van der Waals surface area (Å²) in [5.41, 5.74) is 5.04. The summed E-state index contributed by atoms with van der Waals surface area (Å²) in [5.74, 6) is -0.103. The summed E-state index contributed by atoms with van der Waals surface area (Å²) in [5, 5.41) is 15.0. The zero-order chi connectivity index (χ0) is 14.6. The quantitative estimate of drug-likeness (QED) is 0.258. The lowest BCUT2D eigenvalue weighted by Crippen LogP contribution is -2.57. The van der Waals surface area contributed by atoms with Crippen molar-refractivity contribution in [3.63, 3.8) is 0 Å². The van der Waals surface area contributed by atoms with Gasteiger partial charge in [0, 0.05) is 0 Å². The highest BCUT2D eigenvalue weighted by molar-refractivity contribution is 9.10. The number of amidine groups is 1. The van der Waals surface area contributed by atoms with Crippen LogP contribution in [0.3, 0.4) is 0 Å². The number of hydrogen-bond acceptors (Lipinski definition) is 4. The fraction of sp³-hybridized carbons (Fsp3) is 0.538. The molecule has 0 aromatic carbocycles. The molecule has 110 valence electrons. The van der Waals surface area contributed by atoms with Crippen LogP contribution in [0.5, 0.6) is 0 Å². The van der Waals surface area contributed by atoms with Gasteiger partial charge in [0.2, 0.25) is 0 Å². The van der Waals surface area contributed by atoms with Crippen LogP contribution in [-0.2, 0) is 0 Å². The number of nitrogens with one attached hydrogen (secondary N) is 1. The van der Waals surface area contributed by atoms with Crippen LogP contribution in [-0.4, -0.2) is 22.5 Å². The molecule has 1 saturated carbocycles. The number of carbonyl (C=O) groups excluding carboxylic acids is 1. The number of nitrogens with two attached hydrogens (primary N) is 1. The molecule has 0 spiro atoms. The zero-order valence-electron chi connectivity index (χ0n) is 11.1. The molecule has 1 aliphatic carbocycles. The van der Waals surface area contributed by atoms with Gasteiger partial charge in [0.15, 0.2) is 16.3 Å². The van der Waals surface area contributed by atoms with Gasteiger partial charge in [-0.2, -0.15) is 0 Å². The minimum absolute atomic E-state index is 0.0540. The first-order valence-corrected chi connectivity index (χ1v) is 7.42. The molecule has 0 bridgehead atoms. The molecule has 6 nitrogen and oxygen atoms in total. The molecule has 0 radical (unpaired) electrons. The Morgan fingerprint density at radius 3 is 2.50 bits per heavy atom. The van der Waals surface area contributed by atoms with Crippen molar-refractivity contribution in [2.45, 2.75) is 44.1 Å². The molecule has 1 fully saturated rings. The van der Waals surface area contributed by atoms with E-state index in [9.17, 15) is 4.79 Å². The summed E-state index contributed by atoms with van der Waals surface area (Å²) in [6.45, 7) is 0. The maximum absolute atomic E-state index is 12.2. The SMILES string of the molecule is N/C(=N/O)C1(NC(=O)c2ccc(Br)o2)CCCCCC1. The molecule has 0 aliphatic heterocycles. The highest BCUT2D eigenvalue weighted by Gasteiger charge is 2.37. The monoisotopic (exact) mass is 343 g/mol. The third-order valence-electron chi connectivity index (χ3n) is 3.70. The number of oxime groups is 1. The highest BCUT2D eigenvalue weighted by Crippen LogP contribution is 2.28. The van der Waals surface area contributed by atoms with Crippen molar-refractivity contribution < 1.29 is 14.4 Å². The van der Waals surface area contributed by atoms with Gasteiger partial charge < -0.3 is 20.7 Å². The van der Waals surface area contributed by atoms with Crippen molar-refractivity contribution in [1.29, 1.82) is 0 Å². The molecule has 1 aromatic rings. The predicted octanol–water partition coefficient (Wildman–Crippen LogP) is 2.61. The van der Waals surface area contributed by atoms with Crippen LogP contribution in [0.4, 0.5) is 0 Å². The van der Waals surface area contributed by atoms with Crippen LogP contribution >= 0.6 is 15.9 Å². The van der Waals surface area contributed by atoms with Gasteiger partial charge in [0.25, 0.3) is 5.91 Å². The fourth-order valence-electron chi connectivity index (χ4n) is 2.59. The average Bonchev–Trinajstić information content (AvgIpc) is 2.74. The molecule has 20 heavy (non-hydrogen) atoms. The first-order valence-electron chi connectivity index (χ1n) is 6.63. The van der Waals surface area contributed by atoms with Gasteiger partial charge in [-0.25, -0.2) is 0 Å². The molecule has 1 amide bonds. The van der Waals surface area contributed by atoms with E-state index in [1.807, 2.05) is 0 Å². The largest absolute Gasteiger partial charge is 0.444 e. The number of hydrogen-bond donors (Lipinski definition) is 3. The Labute approximate surface area is 125 Å². The Hall–Kier alpha value is -1.50. The second-order valence-electron chi connectivity index (χ2n) is 5.04. The predicted molar refractivity (Wildman–Crippen MR) is 77.7 cm³/mol. The van der Waals surface area contributed by atoms with E-state index >= 15 is 0 Å². The maximum Gasteiger partial charge on any atom is 0.287 e. The molecule has 1 aliphatic rings. The summed E-state index contributed by atoms with van der Waals surface area (Å²) in [7, 11) is 0. The van der Waals surface area contributed by atoms with E-state index in [1.54, 1.807) is 12.1 Å². The standard InChI is InChI=1S/C13H18BrN3O3/c14-10-6-5-9(20-10)11(18)16-13(12(15)17-19)7-3-1-2-4-8-13/h5-6,19H,1-4,7-8H2,(H2,15,17)(H,16,18). The second kappa shape index (κ2) is 6.30. The van der Waals surface area contributed by atoms with Crippen LogP contribution in [0.15, 0.2) is 26.4 Å². The van der Waals surface area contributed by atoms with E-state index in [1.165, 1.54) is 0 Å². The first-order chi connectivity index (χ1) is 9.57. The van der Waals surface area contributed by atoms with E-state index in [0.717, 1.165) is 25.7 Å². The minimum atomic E-state index is -0.790. The molecule has 1 heterocycles. The van der Waals surface area contributed by atoms with E-state index in [0.29, 0.717) is 17.5 Å². The van der Waals surface area contributed by atoms with Gasteiger partial charge in [0.05, 0.1) is 0 Å². The Morgan fingerprint density at radius 2 is 2.00 bits per heavy atom. The molecular weight excluding hydrogens is 326 g/mol. The second-order valence-corrected chi connectivity index (χ2v) is 5.82. The van der Waals surface area contributed by atoms with Crippen LogP contribution < -0.4 is 11.1 Å². The van der Waals surface area contributed by atoms with E-state index in [-0.39, 0.29) is 17.5 Å². The van der Waals surface area contributed by atoms with Crippen LogP contribution in [0, 0.1) is 0 Å². The number of amides is 1. The third-order valence-corrected chi connectivity index (χ3v) is 4.13. The molecule has 0 unspecified atom stereocenters. The van der Waals surface area contributed by atoms with Crippen molar-refractivity contribution in [3.05, 3.63) is 22.6 Å². The molecule has 0 saturated heterocycles. The first kappa shape index (κ1) is 14.9. The summed E-state index contributed by atoms with van der Waals surface area (Å²) in [6.07, 6.45) is 5.36. The normalized spacial score (nSPS) is 19.4. The fourth-order valence-corrected chi connectivity index (χ4v) is 2.89. The average molecular weight is 344 g/mol. The number of halogens is 1. The highest BCUT2D eigenvalue weighted by atomic mass is 79.9. The van der Waals surface area contributed by atoms with Crippen LogP contribution in [0.1, 0.15) is 49.1 Å². The molecule has 7 heteroatoms. The van der Waals surface area contributed by atoms with Crippen LogP contribution in [0.2, 0.25) is 0 Å². The molecule has 1 aromatic heterocycles. The van der Waals surface area contributed by atoms with E-state index < -0.39 is 5.54 Å². The Kier molecular flexibility index (Phi) is 4.69. The number of carbonyl (C=O) groups is 1. The maximum atomic E-state index is 12.2. The summed E-state index contributed by atoms with van der Waals surface area (Å²) in [4.78, 5) is 12.2.